The molecular formula is C21H20ClN3OS. The summed E-state index contributed by atoms with van der Waals surface area (Å²) < 4.78 is 0. The van der Waals surface area contributed by atoms with Gasteiger partial charge in [-0.25, -0.2) is 4.98 Å². The summed E-state index contributed by atoms with van der Waals surface area (Å²) in [6, 6.07) is 16.0. The number of nitrogens with zero attached hydrogens (tertiary/aromatic N) is 2. The minimum Gasteiger partial charge on any atom is -0.348 e. The summed E-state index contributed by atoms with van der Waals surface area (Å²) in [5.74, 6) is 0.0312. The lowest BCUT2D eigenvalue weighted by molar-refractivity contribution is -0.122. The van der Waals surface area contributed by atoms with Crippen molar-refractivity contribution in [2.75, 3.05) is 6.54 Å². The van der Waals surface area contributed by atoms with E-state index in [1.54, 1.807) is 11.3 Å². The molecule has 0 saturated carbocycles. The maximum Gasteiger partial charge on any atom is 0.234 e. The Hall–Kier alpha value is -2.21. The van der Waals surface area contributed by atoms with Gasteiger partial charge in [0.05, 0.1) is 18.8 Å². The molecule has 3 aromatic rings. The molecule has 1 aliphatic rings. The molecule has 0 fully saturated rings. The highest BCUT2D eigenvalue weighted by molar-refractivity contribution is 7.12. The molecule has 0 bridgehead atoms. The maximum absolute atomic E-state index is 12.3. The Morgan fingerprint density at radius 3 is 2.48 bits per heavy atom. The summed E-state index contributed by atoms with van der Waals surface area (Å²) in [4.78, 5) is 20.3. The highest BCUT2D eigenvalue weighted by Gasteiger charge is 2.20. The van der Waals surface area contributed by atoms with E-state index in [1.807, 2.05) is 43.3 Å². The lowest BCUT2D eigenvalue weighted by atomic mass is 10.1. The number of halogens is 1. The van der Waals surface area contributed by atoms with Crippen molar-refractivity contribution in [3.63, 3.8) is 0 Å². The number of thiazole rings is 1. The molecule has 0 radical (unpaired) electrons. The third-order valence-corrected chi connectivity index (χ3v) is 5.89. The molecule has 0 unspecified atom stereocenters. The lowest BCUT2D eigenvalue weighted by Crippen LogP contribution is -2.34. The number of aromatic nitrogens is 1. The van der Waals surface area contributed by atoms with Crippen LogP contribution in [0.15, 0.2) is 48.5 Å². The van der Waals surface area contributed by atoms with Gasteiger partial charge in [0, 0.05) is 28.6 Å². The van der Waals surface area contributed by atoms with Gasteiger partial charge in [0.2, 0.25) is 5.91 Å². The number of nitrogens with one attached hydrogen (secondary N) is 1. The summed E-state index contributed by atoms with van der Waals surface area (Å²) in [6.45, 7) is 4.58. The van der Waals surface area contributed by atoms with E-state index in [-0.39, 0.29) is 5.91 Å². The molecule has 2 aromatic carbocycles. The van der Waals surface area contributed by atoms with Gasteiger partial charge in [0.1, 0.15) is 5.01 Å². The molecule has 138 valence electrons. The lowest BCUT2D eigenvalue weighted by Gasteiger charge is -2.13. The SMILES string of the molecule is Cc1sc(CNC(=O)CN2Cc3ccccc3C2)nc1-c1ccc(Cl)cc1. The van der Waals surface area contributed by atoms with E-state index in [9.17, 15) is 4.79 Å². The highest BCUT2D eigenvalue weighted by Crippen LogP contribution is 2.28. The van der Waals surface area contributed by atoms with E-state index in [4.69, 9.17) is 16.6 Å². The molecule has 0 aliphatic carbocycles. The van der Waals surface area contributed by atoms with Gasteiger partial charge in [0.25, 0.3) is 0 Å². The van der Waals surface area contributed by atoms with Crippen molar-refractivity contribution < 1.29 is 4.79 Å². The Labute approximate surface area is 167 Å². The smallest absolute Gasteiger partial charge is 0.234 e. The van der Waals surface area contributed by atoms with Gasteiger partial charge in [-0.3, -0.25) is 9.69 Å². The van der Waals surface area contributed by atoms with Crippen LogP contribution in [0.3, 0.4) is 0 Å². The molecule has 0 spiro atoms. The van der Waals surface area contributed by atoms with E-state index < -0.39 is 0 Å². The second kappa shape index (κ2) is 7.80. The van der Waals surface area contributed by atoms with E-state index >= 15 is 0 Å². The number of aryl methyl sites for hydroxylation is 1. The number of fused-ring (bicyclic) bond motifs is 1. The second-order valence-corrected chi connectivity index (χ2v) is 8.43. The zero-order valence-electron chi connectivity index (χ0n) is 15.0. The van der Waals surface area contributed by atoms with Gasteiger partial charge >= 0.3 is 0 Å². The summed E-state index contributed by atoms with van der Waals surface area (Å²) >= 11 is 7.57. The molecule has 1 aliphatic heterocycles. The first-order chi connectivity index (χ1) is 13.1. The van der Waals surface area contributed by atoms with Gasteiger partial charge in [-0.1, -0.05) is 48.0 Å². The molecule has 1 N–H and O–H groups in total. The predicted molar refractivity (Wildman–Crippen MR) is 110 cm³/mol. The van der Waals surface area contributed by atoms with Crippen LogP contribution in [0.25, 0.3) is 11.3 Å². The number of hydrogen-bond acceptors (Lipinski definition) is 4. The van der Waals surface area contributed by atoms with Crippen LogP contribution in [0.4, 0.5) is 0 Å². The Morgan fingerprint density at radius 1 is 1.15 bits per heavy atom. The van der Waals surface area contributed by atoms with Gasteiger partial charge < -0.3 is 5.32 Å². The molecule has 27 heavy (non-hydrogen) atoms. The Bertz CT molecular complexity index is 943. The standard InChI is InChI=1S/C21H20ClN3OS/c1-14-21(15-6-8-18(22)9-7-15)24-20(27-14)10-23-19(26)13-25-11-16-4-2-3-5-17(16)12-25/h2-9H,10-13H2,1H3,(H,23,26). The van der Waals surface area contributed by atoms with Crippen molar-refractivity contribution in [1.82, 2.24) is 15.2 Å². The number of rotatable bonds is 5. The normalized spacial score (nSPS) is 13.6. The van der Waals surface area contributed by atoms with Crippen molar-refractivity contribution in [3.05, 3.63) is 74.6 Å². The molecular weight excluding hydrogens is 378 g/mol. The van der Waals surface area contributed by atoms with Crippen LogP contribution < -0.4 is 5.32 Å². The van der Waals surface area contributed by atoms with Crippen molar-refractivity contribution in [1.29, 1.82) is 0 Å². The zero-order chi connectivity index (χ0) is 18.8. The Morgan fingerprint density at radius 2 is 1.81 bits per heavy atom. The van der Waals surface area contributed by atoms with Crippen LogP contribution in [-0.2, 0) is 24.4 Å². The van der Waals surface area contributed by atoms with Crippen LogP contribution in [0, 0.1) is 6.92 Å². The van der Waals surface area contributed by atoms with Crippen molar-refractivity contribution in [3.8, 4) is 11.3 Å². The fourth-order valence-corrected chi connectivity index (χ4v) is 4.37. The monoisotopic (exact) mass is 397 g/mol. The molecule has 1 amide bonds. The average molecular weight is 398 g/mol. The summed E-state index contributed by atoms with van der Waals surface area (Å²) in [7, 11) is 0. The molecule has 0 atom stereocenters. The van der Waals surface area contributed by atoms with E-state index in [2.05, 4.69) is 22.3 Å². The van der Waals surface area contributed by atoms with E-state index in [0.717, 1.165) is 34.2 Å². The first-order valence-corrected chi connectivity index (χ1v) is 10.1. The minimum atomic E-state index is 0.0312. The largest absolute Gasteiger partial charge is 0.348 e. The molecule has 6 heteroatoms. The van der Waals surface area contributed by atoms with Gasteiger partial charge in [-0.2, -0.15) is 0 Å². The highest BCUT2D eigenvalue weighted by atomic mass is 35.5. The number of amides is 1. The minimum absolute atomic E-state index is 0.0312. The maximum atomic E-state index is 12.3. The molecule has 4 rings (SSSR count). The number of carbonyl (C=O) groups excluding carboxylic acids is 1. The van der Waals surface area contributed by atoms with Crippen LogP contribution >= 0.6 is 22.9 Å². The molecule has 4 nitrogen and oxygen atoms in total. The summed E-state index contributed by atoms with van der Waals surface area (Å²) in [5.41, 5.74) is 4.62. The van der Waals surface area contributed by atoms with Gasteiger partial charge in [-0.05, 0) is 30.2 Å². The second-order valence-electron chi connectivity index (χ2n) is 6.71. The van der Waals surface area contributed by atoms with Crippen LogP contribution in [0.1, 0.15) is 21.0 Å². The topological polar surface area (TPSA) is 45.2 Å². The van der Waals surface area contributed by atoms with Crippen LogP contribution in [-0.4, -0.2) is 22.3 Å². The molecule has 0 saturated heterocycles. The Balaban J connectivity index is 1.33. The molecule has 1 aromatic heterocycles. The predicted octanol–water partition coefficient (Wildman–Crippen LogP) is 4.40. The molecule has 2 heterocycles. The van der Waals surface area contributed by atoms with Crippen LogP contribution in [0.2, 0.25) is 5.02 Å². The third kappa shape index (κ3) is 4.21. The van der Waals surface area contributed by atoms with Crippen LogP contribution in [0.5, 0.6) is 0 Å². The quantitative estimate of drug-likeness (QED) is 0.693. The third-order valence-electron chi connectivity index (χ3n) is 4.67. The van der Waals surface area contributed by atoms with Crippen molar-refractivity contribution in [2.24, 2.45) is 0 Å². The zero-order valence-corrected chi connectivity index (χ0v) is 16.6. The first-order valence-electron chi connectivity index (χ1n) is 8.86. The summed E-state index contributed by atoms with van der Waals surface area (Å²) in [5, 5.41) is 4.62. The summed E-state index contributed by atoms with van der Waals surface area (Å²) in [6.07, 6.45) is 0. The number of benzene rings is 2. The first kappa shape index (κ1) is 18.2. The Kier molecular flexibility index (Phi) is 5.25. The average Bonchev–Trinajstić information content (AvgIpc) is 3.23. The van der Waals surface area contributed by atoms with Crippen molar-refractivity contribution in [2.45, 2.75) is 26.6 Å². The fraction of sp³-hybridized carbons (Fsp3) is 0.238. The van der Waals surface area contributed by atoms with E-state index in [1.165, 1.54) is 11.1 Å². The van der Waals surface area contributed by atoms with Crippen molar-refractivity contribution >= 4 is 28.8 Å². The van der Waals surface area contributed by atoms with E-state index in [0.29, 0.717) is 18.1 Å². The fourth-order valence-electron chi connectivity index (χ4n) is 3.35. The number of hydrogen-bond donors (Lipinski definition) is 1. The van der Waals surface area contributed by atoms with Gasteiger partial charge in [0.15, 0.2) is 0 Å². The van der Waals surface area contributed by atoms with Gasteiger partial charge in [-0.15, -0.1) is 11.3 Å². The number of carbonyl (C=O) groups is 1.